The largest absolute Gasteiger partial charge is 0.353 e. The standard InChI is InChI=1S/C22H29N3O3S/c26-20(14-25-18-10-4-5-11-19(18)29-15-21(25)27)24-12-6-7-16(13-24)22(28)23-17-8-2-1-3-9-17/h4-5,10-11,16-17H,1-3,6-9,12-15H2,(H,23,28). The molecule has 2 fully saturated rings. The van der Waals surface area contributed by atoms with E-state index >= 15 is 0 Å². The quantitative estimate of drug-likeness (QED) is 0.821. The minimum absolute atomic E-state index is 0.0364. The molecule has 0 bridgehead atoms. The first-order valence-corrected chi connectivity index (χ1v) is 11.7. The number of carbonyl (C=O) groups excluding carboxylic acids is 3. The maximum absolute atomic E-state index is 13.0. The Balaban J connectivity index is 1.36. The average Bonchev–Trinajstić information content (AvgIpc) is 2.76. The number of amides is 3. The van der Waals surface area contributed by atoms with Gasteiger partial charge in [0, 0.05) is 24.0 Å². The van der Waals surface area contributed by atoms with E-state index in [1.807, 2.05) is 24.3 Å². The third kappa shape index (κ3) is 4.77. The Labute approximate surface area is 176 Å². The van der Waals surface area contributed by atoms with Gasteiger partial charge in [-0.15, -0.1) is 11.8 Å². The highest BCUT2D eigenvalue weighted by atomic mass is 32.2. The highest BCUT2D eigenvalue weighted by Crippen LogP contribution is 2.35. The molecule has 2 heterocycles. The highest BCUT2D eigenvalue weighted by molar-refractivity contribution is 8.00. The predicted octanol–water partition coefficient (Wildman–Crippen LogP) is 2.81. The molecule has 2 aliphatic heterocycles. The summed E-state index contributed by atoms with van der Waals surface area (Å²) in [5, 5.41) is 3.21. The van der Waals surface area contributed by atoms with E-state index in [1.54, 1.807) is 9.80 Å². The highest BCUT2D eigenvalue weighted by Gasteiger charge is 2.32. The van der Waals surface area contributed by atoms with Gasteiger partial charge in [0.2, 0.25) is 17.7 Å². The summed E-state index contributed by atoms with van der Waals surface area (Å²) in [4.78, 5) is 42.5. The fourth-order valence-electron chi connectivity index (χ4n) is 4.55. The maximum atomic E-state index is 13.0. The summed E-state index contributed by atoms with van der Waals surface area (Å²) in [7, 11) is 0. The number of rotatable bonds is 4. The van der Waals surface area contributed by atoms with Crippen molar-refractivity contribution < 1.29 is 14.4 Å². The molecule has 1 aromatic rings. The van der Waals surface area contributed by atoms with E-state index in [2.05, 4.69) is 5.32 Å². The Bertz CT molecular complexity index is 778. The SMILES string of the molecule is O=C(NC1CCCCC1)C1CCCN(C(=O)CN2C(=O)CSc3ccccc32)C1. The summed E-state index contributed by atoms with van der Waals surface area (Å²) in [5.41, 5.74) is 0.811. The summed E-state index contributed by atoms with van der Waals surface area (Å²) in [6, 6.07) is 8.01. The topological polar surface area (TPSA) is 69.7 Å². The van der Waals surface area contributed by atoms with Crippen LogP contribution < -0.4 is 10.2 Å². The molecule has 1 unspecified atom stereocenters. The minimum atomic E-state index is -0.144. The molecule has 1 N–H and O–H groups in total. The van der Waals surface area contributed by atoms with Gasteiger partial charge in [0.05, 0.1) is 17.4 Å². The number of hydrogen-bond donors (Lipinski definition) is 1. The van der Waals surface area contributed by atoms with Gasteiger partial charge in [-0.25, -0.2) is 0 Å². The molecule has 6 nitrogen and oxygen atoms in total. The first kappa shape index (κ1) is 20.3. The van der Waals surface area contributed by atoms with Gasteiger partial charge in [-0.05, 0) is 37.8 Å². The van der Waals surface area contributed by atoms with Crippen LogP contribution in [0.5, 0.6) is 0 Å². The van der Waals surface area contributed by atoms with Crippen LogP contribution in [-0.4, -0.2) is 54.1 Å². The lowest BCUT2D eigenvalue weighted by molar-refractivity contribution is -0.135. The number of benzene rings is 1. The molecule has 1 saturated heterocycles. The Kier molecular flexibility index (Phi) is 6.43. The van der Waals surface area contributed by atoms with E-state index in [0.29, 0.717) is 24.9 Å². The van der Waals surface area contributed by atoms with Crippen LogP contribution in [0.2, 0.25) is 0 Å². The monoisotopic (exact) mass is 415 g/mol. The number of hydrogen-bond acceptors (Lipinski definition) is 4. The molecule has 0 radical (unpaired) electrons. The molecule has 29 heavy (non-hydrogen) atoms. The lowest BCUT2D eigenvalue weighted by atomic mass is 9.93. The second kappa shape index (κ2) is 9.20. The molecular formula is C22H29N3O3S. The van der Waals surface area contributed by atoms with Gasteiger partial charge in [-0.1, -0.05) is 31.4 Å². The van der Waals surface area contributed by atoms with Crippen LogP contribution in [0.4, 0.5) is 5.69 Å². The van der Waals surface area contributed by atoms with Crippen molar-refractivity contribution in [2.24, 2.45) is 5.92 Å². The zero-order valence-corrected chi connectivity index (χ0v) is 17.6. The van der Waals surface area contributed by atoms with Crippen LogP contribution in [0.15, 0.2) is 29.2 Å². The van der Waals surface area contributed by atoms with Crippen molar-refractivity contribution in [2.45, 2.75) is 55.9 Å². The lowest BCUT2D eigenvalue weighted by Gasteiger charge is -2.35. The van der Waals surface area contributed by atoms with Crippen molar-refractivity contribution in [3.8, 4) is 0 Å². The average molecular weight is 416 g/mol. The zero-order valence-electron chi connectivity index (χ0n) is 16.8. The number of para-hydroxylation sites is 1. The summed E-state index contributed by atoms with van der Waals surface area (Å²) in [6.07, 6.45) is 7.41. The third-order valence-corrected chi connectivity index (χ3v) is 7.25. The van der Waals surface area contributed by atoms with Crippen molar-refractivity contribution in [3.63, 3.8) is 0 Å². The van der Waals surface area contributed by atoms with Crippen LogP contribution in [-0.2, 0) is 14.4 Å². The zero-order chi connectivity index (χ0) is 20.2. The molecule has 0 aromatic heterocycles. The number of likely N-dealkylation sites (tertiary alicyclic amines) is 1. The number of anilines is 1. The number of nitrogens with zero attached hydrogens (tertiary/aromatic N) is 2. The molecule has 1 aliphatic carbocycles. The molecule has 3 aliphatic rings. The number of fused-ring (bicyclic) bond motifs is 1. The normalized spacial score (nSPS) is 22.9. The Morgan fingerprint density at radius 1 is 1.07 bits per heavy atom. The summed E-state index contributed by atoms with van der Waals surface area (Å²) in [6.45, 7) is 1.16. The van der Waals surface area contributed by atoms with Crippen LogP contribution >= 0.6 is 11.8 Å². The lowest BCUT2D eigenvalue weighted by Crippen LogP contribution is -2.51. The van der Waals surface area contributed by atoms with Crippen LogP contribution in [0.3, 0.4) is 0 Å². The molecule has 1 aromatic carbocycles. The predicted molar refractivity (Wildman–Crippen MR) is 114 cm³/mol. The number of nitrogens with one attached hydrogen (secondary N) is 1. The van der Waals surface area contributed by atoms with Gasteiger partial charge in [-0.3, -0.25) is 14.4 Å². The molecule has 1 saturated carbocycles. The second-order valence-electron chi connectivity index (χ2n) is 8.26. The molecule has 7 heteroatoms. The molecule has 156 valence electrons. The van der Waals surface area contributed by atoms with E-state index in [0.717, 1.165) is 36.3 Å². The van der Waals surface area contributed by atoms with Gasteiger partial charge in [0.1, 0.15) is 6.54 Å². The van der Waals surface area contributed by atoms with Gasteiger partial charge >= 0.3 is 0 Å². The molecule has 1 atom stereocenters. The number of carbonyl (C=O) groups is 3. The van der Waals surface area contributed by atoms with E-state index < -0.39 is 0 Å². The van der Waals surface area contributed by atoms with Gasteiger partial charge in [-0.2, -0.15) is 0 Å². The molecule has 0 spiro atoms. The van der Waals surface area contributed by atoms with Gasteiger partial charge in [0.25, 0.3) is 0 Å². The number of piperidine rings is 1. The first-order valence-electron chi connectivity index (χ1n) is 10.7. The Morgan fingerprint density at radius 2 is 1.86 bits per heavy atom. The van der Waals surface area contributed by atoms with Crippen LogP contribution in [0.1, 0.15) is 44.9 Å². The van der Waals surface area contributed by atoms with E-state index in [-0.39, 0.29) is 30.2 Å². The fraction of sp³-hybridized carbons (Fsp3) is 0.591. The summed E-state index contributed by atoms with van der Waals surface area (Å²) >= 11 is 1.51. The smallest absolute Gasteiger partial charge is 0.242 e. The van der Waals surface area contributed by atoms with Crippen molar-refractivity contribution in [2.75, 3.05) is 30.3 Å². The third-order valence-electron chi connectivity index (χ3n) is 6.20. The van der Waals surface area contributed by atoms with E-state index in [4.69, 9.17) is 0 Å². The molecule has 4 rings (SSSR count). The van der Waals surface area contributed by atoms with E-state index in [9.17, 15) is 14.4 Å². The van der Waals surface area contributed by atoms with Crippen molar-refractivity contribution in [1.29, 1.82) is 0 Å². The minimum Gasteiger partial charge on any atom is -0.353 e. The second-order valence-corrected chi connectivity index (χ2v) is 9.28. The van der Waals surface area contributed by atoms with Gasteiger partial charge in [0.15, 0.2) is 0 Å². The fourth-order valence-corrected chi connectivity index (χ4v) is 5.48. The summed E-state index contributed by atoms with van der Waals surface area (Å²) in [5.74, 6) is 0.192. The van der Waals surface area contributed by atoms with Crippen molar-refractivity contribution >= 4 is 35.2 Å². The number of thioether (sulfide) groups is 1. The summed E-state index contributed by atoms with van der Waals surface area (Å²) < 4.78 is 0. The van der Waals surface area contributed by atoms with Crippen molar-refractivity contribution in [3.05, 3.63) is 24.3 Å². The van der Waals surface area contributed by atoms with Crippen LogP contribution in [0.25, 0.3) is 0 Å². The van der Waals surface area contributed by atoms with Crippen molar-refractivity contribution in [1.82, 2.24) is 10.2 Å². The Morgan fingerprint density at radius 3 is 2.69 bits per heavy atom. The van der Waals surface area contributed by atoms with E-state index in [1.165, 1.54) is 31.0 Å². The van der Waals surface area contributed by atoms with Gasteiger partial charge < -0.3 is 15.1 Å². The van der Waals surface area contributed by atoms with Crippen LogP contribution in [0, 0.1) is 5.92 Å². The Hall–Kier alpha value is -2.02. The molecular weight excluding hydrogens is 386 g/mol. The molecule has 3 amide bonds. The maximum Gasteiger partial charge on any atom is 0.242 e. The first-order chi connectivity index (χ1) is 14.1.